The van der Waals surface area contributed by atoms with Crippen LogP contribution in [0.3, 0.4) is 0 Å². The summed E-state index contributed by atoms with van der Waals surface area (Å²) in [6.45, 7) is 5.84. The Morgan fingerprint density at radius 2 is 1.71 bits per heavy atom. The zero-order chi connectivity index (χ0) is 19.7. The third-order valence-corrected chi connectivity index (χ3v) is 6.79. The lowest BCUT2D eigenvalue weighted by Gasteiger charge is -2.41. The van der Waals surface area contributed by atoms with Crippen molar-refractivity contribution < 1.29 is 4.79 Å². The minimum Gasteiger partial charge on any atom is -0.341 e. The number of piperidine rings is 1. The standard InChI is InChI=1S/C22H30N4O2/c1-17-18-6-3-4-7-19(18)21(28)26(23-17)16-20(27)25-14-10-22(11-15-25)8-5-12-24(2)13-9-22/h3-4,6-7H,5,8-16H2,1-2H3. The number of hydrogen-bond donors (Lipinski definition) is 0. The molecule has 1 aromatic carbocycles. The number of fused-ring (bicyclic) bond motifs is 1. The van der Waals surface area contributed by atoms with Crippen molar-refractivity contribution >= 4 is 16.7 Å². The summed E-state index contributed by atoms with van der Waals surface area (Å²) < 4.78 is 1.34. The van der Waals surface area contributed by atoms with Gasteiger partial charge in [-0.15, -0.1) is 0 Å². The first-order valence-electron chi connectivity index (χ1n) is 10.4. The van der Waals surface area contributed by atoms with Gasteiger partial charge in [0.05, 0.1) is 11.1 Å². The van der Waals surface area contributed by atoms with Crippen LogP contribution >= 0.6 is 0 Å². The van der Waals surface area contributed by atoms with Gasteiger partial charge < -0.3 is 9.80 Å². The number of rotatable bonds is 2. The highest BCUT2D eigenvalue weighted by atomic mass is 16.2. The highest BCUT2D eigenvalue weighted by molar-refractivity contribution is 5.83. The second-order valence-corrected chi connectivity index (χ2v) is 8.63. The van der Waals surface area contributed by atoms with Crippen molar-refractivity contribution in [1.82, 2.24) is 19.6 Å². The van der Waals surface area contributed by atoms with E-state index in [0.717, 1.165) is 43.6 Å². The molecule has 0 bridgehead atoms. The predicted octanol–water partition coefficient (Wildman–Crippen LogP) is 2.43. The van der Waals surface area contributed by atoms with Crippen LogP contribution < -0.4 is 5.56 Å². The van der Waals surface area contributed by atoms with Crippen molar-refractivity contribution in [1.29, 1.82) is 0 Å². The van der Waals surface area contributed by atoms with Crippen LogP contribution in [0.2, 0.25) is 0 Å². The molecule has 6 heteroatoms. The Morgan fingerprint density at radius 1 is 1.04 bits per heavy atom. The van der Waals surface area contributed by atoms with E-state index in [1.807, 2.05) is 30.0 Å². The Balaban J connectivity index is 1.45. The summed E-state index contributed by atoms with van der Waals surface area (Å²) in [4.78, 5) is 30.0. The van der Waals surface area contributed by atoms with Crippen LogP contribution in [0, 0.1) is 12.3 Å². The number of carbonyl (C=O) groups is 1. The maximum Gasteiger partial charge on any atom is 0.275 e. The number of carbonyl (C=O) groups excluding carboxylic acids is 1. The van der Waals surface area contributed by atoms with Gasteiger partial charge in [-0.25, -0.2) is 4.68 Å². The molecule has 1 amide bonds. The van der Waals surface area contributed by atoms with Crippen LogP contribution in [0.4, 0.5) is 0 Å². The van der Waals surface area contributed by atoms with Crippen molar-refractivity contribution in [3.8, 4) is 0 Å². The molecule has 2 aromatic rings. The molecule has 28 heavy (non-hydrogen) atoms. The second kappa shape index (κ2) is 7.66. The van der Waals surface area contributed by atoms with Gasteiger partial charge in [-0.2, -0.15) is 5.10 Å². The first-order valence-corrected chi connectivity index (χ1v) is 10.4. The zero-order valence-corrected chi connectivity index (χ0v) is 17.0. The summed E-state index contributed by atoms with van der Waals surface area (Å²) >= 11 is 0. The van der Waals surface area contributed by atoms with Crippen molar-refractivity contribution in [2.45, 2.75) is 45.6 Å². The second-order valence-electron chi connectivity index (χ2n) is 8.63. The number of amides is 1. The van der Waals surface area contributed by atoms with Crippen LogP contribution in [0.15, 0.2) is 29.1 Å². The first-order chi connectivity index (χ1) is 13.5. The van der Waals surface area contributed by atoms with E-state index in [1.165, 1.54) is 30.5 Å². The SMILES string of the molecule is Cc1nn(CC(=O)N2CCC3(CCCN(C)CC3)CC2)c(=O)c2ccccc12. The number of nitrogens with zero attached hydrogens (tertiary/aromatic N) is 4. The number of benzene rings is 1. The smallest absolute Gasteiger partial charge is 0.275 e. The molecule has 0 saturated carbocycles. The average Bonchev–Trinajstić information content (AvgIpc) is 2.88. The topological polar surface area (TPSA) is 58.4 Å². The number of likely N-dealkylation sites (tertiary alicyclic amines) is 2. The molecule has 2 aliphatic heterocycles. The highest BCUT2D eigenvalue weighted by Crippen LogP contribution is 2.41. The van der Waals surface area contributed by atoms with Crippen molar-refractivity contribution in [3.05, 3.63) is 40.3 Å². The predicted molar refractivity (Wildman–Crippen MR) is 110 cm³/mol. The van der Waals surface area contributed by atoms with Gasteiger partial charge in [0.25, 0.3) is 5.56 Å². The van der Waals surface area contributed by atoms with E-state index in [2.05, 4.69) is 17.0 Å². The maximum absolute atomic E-state index is 12.9. The van der Waals surface area contributed by atoms with E-state index in [9.17, 15) is 9.59 Å². The Morgan fingerprint density at radius 3 is 2.46 bits per heavy atom. The summed E-state index contributed by atoms with van der Waals surface area (Å²) in [5.41, 5.74) is 0.994. The normalized spacial score (nSPS) is 20.4. The lowest BCUT2D eigenvalue weighted by atomic mass is 9.73. The molecule has 0 aliphatic carbocycles. The Bertz CT molecular complexity index is 928. The average molecular weight is 383 g/mol. The van der Waals surface area contributed by atoms with Crippen LogP contribution in [0.1, 0.15) is 37.8 Å². The summed E-state index contributed by atoms with van der Waals surface area (Å²) in [7, 11) is 2.20. The molecule has 2 saturated heterocycles. The molecular weight excluding hydrogens is 352 g/mol. The molecule has 150 valence electrons. The van der Waals surface area contributed by atoms with Gasteiger partial charge >= 0.3 is 0 Å². The van der Waals surface area contributed by atoms with Crippen LogP contribution in [0.5, 0.6) is 0 Å². The minimum absolute atomic E-state index is 0.00451. The van der Waals surface area contributed by atoms with Gasteiger partial charge in [0.15, 0.2) is 0 Å². The number of aromatic nitrogens is 2. The Labute approximate surface area is 166 Å². The summed E-state index contributed by atoms with van der Waals surface area (Å²) in [6, 6.07) is 7.46. The monoisotopic (exact) mass is 382 g/mol. The van der Waals surface area contributed by atoms with Gasteiger partial charge in [-0.3, -0.25) is 9.59 Å². The molecule has 3 heterocycles. The van der Waals surface area contributed by atoms with E-state index in [0.29, 0.717) is 10.8 Å². The lowest BCUT2D eigenvalue weighted by Crippen LogP contribution is -2.45. The fourth-order valence-corrected chi connectivity index (χ4v) is 4.86. The molecular formula is C22H30N4O2. The van der Waals surface area contributed by atoms with Crippen LogP contribution in [0.25, 0.3) is 10.8 Å². The minimum atomic E-state index is -0.185. The van der Waals surface area contributed by atoms with Gasteiger partial charge in [0.1, 0.15) is 6.54 Å². The molecule has 2 aliphatic rings. The highest BCUT2D eigenvalue weighted by Gasteiger charge is 2.36. The number of aryl methyl sites for hydroxylation is 1. The molecule has 2 fully saturated rings. The van der Waals surface area contributed by atoms with E-state index in [4.69, 9.17) is 0 Å². The third kappa shape index (κ3) is 3.70. The molecule has 0 atom stereocenters. The molecule has 6 nitrogen and oxygen atoms in total. The summed E-state index contributed by atoms with van der Waals surface area (Å²) in [6.07, 6.45) is 5.90. The van der Waals surface area contributed by atoms with E-state index < -0.39 is 0 Å². The fourth-order valence-electron chi connectivity index (χ4n) is 4.86. The Hall–Kier alpha value is -2.21. The molecule has 1 spiro atoms. The lowest BCUT2D eigenvalue weighted by molar-refractivity contribution is -0.134. The maximum atomic E-state index is 12.9. The third-order valence-electron chi connectivity index (χ3n) is 6.79. The van der Waals surface area contributed by atoms with Gasteiger partial charge in [-0.1, -0.05) is 18.2 Å². The summed E-state index contributed by atoms with van der Waals surface area (Å²) in [5, 5.41) is 5.87. The Kier molecular flexibility index (Phi) is 5.23. The van der Waals surface area contributed by atoms with Crippen LogP contribution in [-0.2, 0) is 11.3 Å². The molecule has 1 aromatic heterocycles. The summed E-state index contributed by atoms with van der Waals surface area (Å²) in [5.74, 6) is 0.00451. The largest absolute Gasteiger partial charge is 0.341 e. The first kappa shape index (κ1) is 19.1. The van der Waals surface area contributed by atoms with Gasteiger partial charge in [0, 0.05) is 18.5 Å². The van der Waals surface area contributed by atoms with Crippen molar-refractivity contribution in [3.63, 3.8) is 0 Å². The van der Waals surface area contributed by atoms with E-state index in [-0.39, 0.29) is 18.0 Å². The molecule has 0 unspecified atom stereocenters. The van der Waals surface area contributed by atoms with Gasteiger partial charge in [0.2, 0.25) is 5.91 Å². The fraction of sp³-hybridized carbons (Fsp3) is 0.591. The number of hydrogen-bond acceptors (Lipinski definition) is 4. The molecule has 4 rings (SSSR count). The van der Waals surface area contributed by atoms with Crippen molar-refractivity contribution in [2.75, 3.05) is 33.2 Å². The van der Waals surface area contributed by atoms with E-state index >= 15 is 0 Å². The molecule has 0 N–H and O–H groups in total. The zero-order valence-electron chi connectivity index (χ0n) is 17.0. The van der Waals surface area contributed by atoms with Crippen molar-refractivity contribution in [2.24, 2.45) is 5.41 Å². The van der Waals surface area contributed by atoms with Gasteiger partial charge in [-0.05, 0) is 70.6 Å². The quantitative estimate of drug-likeness (QED) is 0.800. The van der Waals surface area contributed by atoms with E-state index in [1.54, 1.807) is 6.07 Å². The van der Waals surface area contributed by atoms with Crippen LogP contribution in [-0.4, -0.2) is 58.7 Å². The molecule has 0 radical (unpaired) electrons.